The second kappa shape index (κ2) is 6.39. The molecular formula is C14H25NOS. The van der Waals surface area contributed by atoms with Crippen LogP contribution in [0.4, 0.5) is 0 Å². The highest BCUT2D eigenvalue weighted by Gasteiger charge is 2.26. The molecule has 0 aromatic carbocycles. The molecule has 1 N–H and O–H groups in total. The Balaban J connectivity index is 2.65. The van der Waals surface area contributed by atoms with E-state index < -0.39 is 0 Å². The molecule has 3 heteroatoms. The zero-order chi connectivity index (χ0) is 12.9. The third kappa shape index (κ3) is 4.66. The van der Waals surface area contributed by atoms with Crippen molar-refractivity contribution in [3.63, 3.8) is 0 Å². The van der Waals surface area contributed by atoms with Gasteiger partial charge in [0.1, 0.15) is 0 Å². The summed E-state index contributed by atoms with van der Waals surface area (Å²) < 4.78 is 0. The van der Waals surface area contributed by atoms with Gasteiger partial charge in [-0.25, -0.2) is 0 Å². The fourth-order valence-corrected chi connectivity index (χ4v) is 2.93. The normalized spacial score (nSPS) is 13.9. The van der Waals surface area contributed by atoms with Gasteiger partial charge in [0, 0.05) is 17.0 Å². The van der Waals surface area contributed by atoms with Gasteiger partial charge in [-0.1, -0.05) is 64.7 Å². The van der Waals surface area contributed by atoms with E-state index in [-0.39, 0.29) is 10.3 Å². The van der Waals surface area contributed by atoms with Crippen LogP contribution in [0.5, 0.6) is 0 Å². The van der Waals surface area contributed by atoms with Crippen molar-refractivity contribution in [2.75, 3.05) is 0 Å². The van der Waals surface area contributed by atoms with Crippen LogP contribution < -0.4 is 4.87 Å². The zero-order valence-electron chi connectivity index (χ0n) is 11.5. The van der Waals surface area contributed by atoms with Crippen molar-refractivity contribution < 1.29 is 0 Å². The maximum Gasteiger partial charge on any atom is 0.304 e. The van der Waals surface area contributed by atoms with Gasteiger partial charge in [-0.2, -0.15) is 0 Å². The summed E-state index contributed by atoms with van der Waals surface area (Å²) in [6.45, 7) is 9.01. The summed E-state index contributed by atoms with van der Waals surface area (Å²) in [4.78, 5) is 14.3. The highest BCUT2D eigenvalue weighted by molar-refractivity contribution is 7.07. The molecule has 1 rings (SSSR count). The summed E-state index contributed by atoms with van der Waals surface area (Å²) in [5, 5.41) is 2.00. The number of aromatic nitrogens is 1. The Morgan fingerprint density at radius 2 is 2.00 bits per heavy atom. The average molecular weight is 255 g/mol. The number of aromatic amines is 1. The van der Waals surface area contributed by atoms with Crippen molar-refractivity contribution in [3.8, 4) is 0 Å². The Morgan fingerprint density at radius 3 is 2.47 bits per heavy atom. The molecule has 1 aromatic rings. The van der Waals surface area contributed by atoms with Gasteiger partial charge in [-0.3, -0.25) is 4.79 Å². The number of hydrogen-bond acceptors (Lipinski definition) is 2. The van der Waals surface area contributed by atoms with Crippen molar-refractivity contribution in [3.05, 3.63) is 20.7 Å². The van der Waals surface area contributed by atoms with E-state index in [0.717, 1.165) is 5.69 Å². The molecule has 98 valence electrons. The van der Waals surface area contributed by atoms with Crippen LogP contribution in [0.2, 0.25) is 0 Å². The Bertz CT molecular complexity index is 372. The average Bonchev–Trinajstić information content (AvgIpc) is 2.62. The van der Waals surface area contributed by atoms with Gasteiger partial charge in [0.15, 0.2) is 0 Å². The van der Waals surface area contributed by atoms with Gasteiger partial charge >= 0.3 is 4.87 Å². The van der Waals surface area contributed by atoms with E-state index in [2.05, 4.69) is 32.7 Å². The molecule has 1 heterocycles. The Morgan fingerprint density at radius 1 is 1.29 bits per heavy atom. The molecule has 0 aliphatic carbocycles. The SMILES string of the molecule is CCCCCCC(c1csc(=O)[nH]1)C(C)(C)C. The highest BCUT2D eigenvalue weighted by atomic mass is 32.1. The number of nitrogens with one attached hydrogen (secondary N) is 1. The van der Waals surface area contributed by atoms with Gasteiger partial charge in [0.2, 0.25) is 0 Å². The topological polar surface area (TPSA) is 32.9 Å². The van der Waals surface area contributed by atoms with Crippen molar-refractivity contribution in [1.82, 2.24) is 4.98 Å². The van der Waals surface area contributed by atoms with Crippen molar-refractivity contribution in [2.24, 2.45) is 5.41 Å². The van der Waals surface area contributed by atoms with Gasteiger partial charge < -0.3 is 4.98 Å². The first-order chi connectivity index (χ1) is 7.95. The predicted octanol–water partition coefficient (Wildman–Crippen LogP) is 4.54. The minimum atomic E-state index is 0.0720. The monoisotopic (exact) mass is 255 g/mol. The number of unbranched alkanes of at least 4 members (excludes halogenated alkanes) is 3. The highest BCUT2D eigenvalue weighted by Crippen LogP contribution is 2.38. The number of hydrogen-bond donors (Lipinski definition) is 1. The minimum absolute atomic E-state index is 0.0720. The lowest BCUT2D eigenvalue weighted by Crippen LogP contribution is -2.19. The first-order valence-electron chi connectivity index (χ1n) is 6.63. The largest absolute Gasteiger partial charge is 0.316 e. The maximum atomic E-state index is 11.3. The molecule has 0 saturated heterocycles. The number of H-pyrrole nitrogens is 1. The molecule has 1 atom stereocenters. The molecule has 0 fully saturated rings. The van der Waals surface area contributed by atoms with Crippen molar-refractivity contribution >= 4 is 11.3 Å². The Kier molecular flexibility index (Phi) is 5.44. The van der Waals surface area contributed by atoms with Gasteiger partial charge in [-0.15, -0.1) is 0 Å². The van der Waals surface area contributed by atoms with Crippen LogP contribution in [0.25, 0.3) is 0 Å². The lowest BCUT2D eigenvalue weighted by atomic mass is 9.76. The van der Waals surface area contributed by atoms with Gasteiger partial charge in [0.05, 0.1) is 0 Å². The molecule has 0 spiro atoms. The summed E-state index contributed by atoms with van der Waals surface area (Å²) in [7, 11) is 0. The lowest BCUT2D eigenvalue weighted by Gasteiger charge is -2.30. The predicted molar refractivity (Wildman–Crippen MR) is 75.9 cm³/mol. The quantitative estimate of drug-likeness (QED) is 0.744. The molecule has 0 radical (unpaired) electrons. The third-order valence-electron chi connectivity index (χ3n) is 3.31. The number of thiazole rings is 1. The summed E-state index contributed by atoms with van der Waals surface area (Å²) in [5.74, 6) is 0.471. The van der Waals surface area contributed by atoms with E-state index in [1.54, 1.807) is 0 Å². The van der Waals surface area contributed by atoms with Crippen molar-refractivity contribution in [2.45, 2.75) is 65.7 Å². The van der Waals surface area contributed by atoms with Crippen LogP contribution in [0.1, 0.15) is 71.4 Å². The fourth-order valence-electron chi connectivity index (χ4n) is 2.29. The standard InChI is InChI=1S/C14H25NOS/c1-5-6-7-8-9-11(14(2,3)4)12-10-17-13(16)15-12/h10-11H,5-9H2,1-4H3,(H,15,16). The second-order valence-corrected chi connectivity index (χ2v) is 6.71. The number of rotatable bonds is 6. The molecular weight excluding hydrogens is 230 g/mol. The summed E-state index contributed by atoms with van der Waals surface area (Å²) >= 11 is 1.28. The van der Waals surface area contributed by atoms with Gasteiger partial charge in [0.25, 0.3) is 0 Å². The molecule has 1 aromatic heterocycles. The van der Waals surface area contributed by atoms with E-state index in [1.807, 2.05) is 5.38 Å². The van der Waals surface area contributed by atoms with Crippen LogP contribution in [0.15, 0.2) is 10.2 Å². The second-order valence-electron chi connectivity index (χ2n) is 5.87. The minimum Gasteiger partial charge on any atom is -0.316 e. The van der Waals surface area contributed by atoms with Crippen LogP contribution in [-0.4, -0.2) is 4.98 Å². The Hall–Kier alpha value is -0.570. The zero-order valence-corrected chi connectivity index (χ0v) is 12.3. The Labute approximate surface area is 108 Å². The maximum absolute atomic E-state index is 11.3. The molecule has 0 saturated carbocycles. The molecule has 0 amide bonds. The fraction of sp³-hybridized carbons (Fsp3) is 0.786. The van der Waals surface area contributed by atoms with Crippen LogP contribution in [-0.2, 0) is 0 Å². The smallest absolute Gasteiger partial charge is 0.304 e. The summed E-state index contributed by atoms with van der Waals surface area (Å²) in [6, 6.07) is 0. The molecule has 17 heavy (non-hydrogen) atoms. The van der Waals surface area contributed by atoms with Gasteiger partial charge in [-0.05, 0) is 11.8 Å². The van der Waals surface area contributed by atoms with Crippen LogP contribution >= 0.6 is 11.3 Å². The van der Waals surface area contributed by atoms with E-state index in [0.29, 0.717) is 5.92 Å². The summed E-state index contributed by atoms with van der Waals surface area (Å²) in [5.41, 5.74) is 1.35. The molecule has 1 unspecified atom stereocenters. The van der Waals surface area contributed by atoms with Crippen molar-refractivity contribution in [1.29, 1.82) is 0 Å². The molecule has 2 nitrogen and oxygen atoms in total. The first-order valence-corrected chi connectivity index (χ1v) is 7.50. The van der Waals surface area contributed by atoms with E-state index in [4.69, 9.17) is 0 Å². The van der Waals surface area contributed by atoms with Crippen LogP contribution in [0.3, 0.4) is 0 Å². The van der Waals surface area contributed by atoms with Crippen LogP contribution in [0, 0.1) is 5.41 Å². The third-order valence-corrected chi connectivity index (χ3v) is 3.99. The molecule has 0 aliphatic heterocycles. The van der Waals surface area contributed by atoms with E-state index in [1.165, 1.54) is 43.4 Å². The molecule has 0 bridgehead atoms. The molecule has 0 aliphatic rings. The first kappa shape index (κ1) is 14.5. The van der Waals surface area contributed by atoms with E-state index >= 15 is 0 Å². The summed E-state index contributed by atoms with van der Waals surface area (Å²) in [6.07, 6.45) is 6.33. The van der Waals surface area contributed by atoms with E-state index in [9.17, 15) is 4.79 Å². The lowest BCUT2D eigenvalue weighted by molar-refractivity contribution is 0.293.